The average Bonchev–Trinajstić information content (AvgIpc) is 2.86. The molecule has 1 aliphatic carbocycles. The third-order valence-electron chi connectivity index (χ3n) is 3.93. The van der Waals surface area contributed by atoms with Gasteiger partial charge in [0.1, 0.15) is 0 Å². The maximum absolute atomic E-state index is 6.31. The van der Waals surface area contributed by atoms with Crippen molar-refractivity contribution in [3.05, 3.63) is 39.6 Å². The summed E-state index contributed by atoms with van der Waals surface area (Å²) >= 11 is 1.77. The van der Waals surface area contributed by atoms with Gasteiger partial charge < -0.3 is 10.3 Å². The first-order valence-electron chi connectivity index (χ1n) is 6.79. The topological polar surface area (TPSA) is 43.8 Å². The highest BCUT2D eigenvalue weighted by Crippen LogP contribution is 2.40. The normalized spacial score (nSPS) is 21.4. The maximum Gasteiger partial charge on any atom is 0.0897 e. The number of nitrogens with zero attached hydrogens (tertiary/aromatic N) is 2. The summed E-state index contributed by atoms with van der Waals surface area (Å²) in [6, 6.07) is 2.38. The molecule has 3 nitrogen and oxygen atoms in total. The zero-order valence-corrected chi connectivity index (χ0v) is 12.6. The van der Waals surface area contributed by atoms with Gasteiger partial charge in [-0.1, -0.05) is 13.8 Å². The van der Waals surface area contributed by atoms with Crippen LogP contribution in [0.3, 0.4) is 0 Å². The molecule has 0 amide bonds. The fourth-order valence-corrected chi connectivity index (χ4v) is 3.88. The summed E-state index contributed by atoms with van der Waals surface area (Å²) in [7, 11) is 0. The van der Waals surface area contributed by atoms with Crippen molar-refractivity contribution in [3.63, 3.8) is 0 Å². The van der Waals surface area contributed by atoms with Crippen LogP contribution in [0.25, 0.3) is 0 Å². The second-order valence-corrected chi connectivity index (χ2v) is 7.66. The van der Waals surface area contributed by atoms with E-state index < -0.39 is 0 Å². The molecule has 1 atom stereocenters. The molecule has 0 saturated heterocycles. The molecule has 0 aliphatic heterocycles. The maximum atomic E-state index is 6.31. The van der Waals surface area contributed by atoms with Crippen LogP contribution in [0, 0.1) is 12.3 Å². The minimum absolute atomic E-state index is 0.184. The van der Waals surface area contributed by atoms with Crippen LogP contribution < -0.4 is 5.73 Å². The van der Waals surface area contributed by atoms with E-state index in [0.29, 0.717) is 5.41 Å². The van der Waals surface area contributed by atoms with E-state index >= 15 is 0 Å². The standard InChI is InChI=1S/C15H21N3S/c1-10-17-8-11(19-10)9-18-5-4-12-13(16)6-15(2,3)7-14(12)18/h4-5,8,13H,6-7,9,16H2,1-3H3. The number of hydrogen-bond acceptors (Lipinski definition) is 3. The van der Waals surface area contributed by atoms with Crippen LogP contribution in [0.4, 0.5) is 0 Å². The van der Waals surface area contributed by atoms with Crippen molar-refractivity contribution in [3.8, 4) is 0 Å². The first-order valence-corrected chi connectivity index (χ1v) is 7.61. The molecule has 0 bridgehead atoms. The summed E-state index contributed by atoms with van der Waals surface area (Å²) in [5.41, 5.74) is 9.35. The smallest absolute Gasteiger partial charge is 0.0897 e. The van der Waals surface area contributed by atoms with Crippen molar-refractivity contribution in [2.45, 2.75) is 46.2 Å². The highest BCUT2D eigenvalue weighted by atomic mass is 32.1. The van der Waals surface area contributed by atoms with Crippen molar-refractivity contribution in [1.82, 2.24) is 9.55 Å². The molecule has 0 fully saturated rings. The Morgan fingerprint density at radius 3 is 3.00 bits per heavy atom. The van der Waals surface area contributed by atoms with E-state index in [1.165, 1.54) is 16.1 Å². The molecule has 3 rings (SSSR count). The van der Waals surface area contributed by atoms with Gasteiger partial charge in [-0.25, -0.2) is 4.98 Å². The molecular formula is C15H21N3S. The number of aryl methyl sites for hydroxylation is 1. The highest BCUT2D eigenvalue weighted by Gasteiger charge is 2.32. The van der Waals surface area contributed by atoms with E-state index in [0.717, 1.165) is 24.4 Å². The predicted octanol–water partition coefficient (Wildman–Crippen LogP) is 3.27. The van der Waals surface area contributed by atoms with E-state index in [2.05, 4.69) is 42.6 Å². The molecule has 0 aromatic carbocycles. The van der Waals surface area contributed by atoms with Crippen molar-refractivity contribution >= 4 is 11.3 Å². The zero-order valence-electron chi connectivity index (χ0n) is 11.8. The number of fused-ring (bicyclic) bond motifs is 1. The summed E-state index contributed by atoms with van der Waals surface area (Å²) < 4.78 is 2.35. The summed E-state index contributed by atoms with van der Waals surface area (Å²) in [4.78, 5) is 5.65. The van der Waals surface area contributed by atoms with E-state index in [-0.39, 0.29) is 6.04 Å². The largest absolute Gasteiger partial charge is 0.346 e. The second kappa shape index (κ2) is 4.46. The van der Waals surface area contributed by atoms with E-state index in [4.69, 9.17) is 5.73 Å². The van der Waals surface area contributed by atoms with Gasteiger partial charge in [-0.15, -0.1) is 11.3 Å². The number of aromatic nitrogens is 2. The lowest BCUT2D eigenvalue weighted by atomic mass is 9.74. The number of hydrogen-bond donors (Lipinski definition) is 1. The van der Waals surface area contributed by atoms with Gasteiger partial charge in [-0.2, -0.15) is 0 Å². The van der Waals surface area contributed by atoms with Gasteiger partial charge in [0, 0.05) is 29.0 Å². The molecule has 0 spiro atoms. The van der Waals surface area contributed by atoms with Crippen molar-refractivity contribution in [1.29, 1.82) is 0 Å². The average molecular weight is 275 g/mol. The van der Waals surface area contributed by atoms with Gasteiger partial charge >= 0.3 is 0 Å². The quantitative estimate of drug-likeness (QED) is 0.914. The Morgan fingerprint density at radius 2 is 2.32 bits per heavy atom. The van der Waals surface area contributed by atoms with Gasteiger partial charge in [0.15, 0.2) is 0 Å². The van der Waals surface area contributed by atoms with Gasteiger partial charge in [-0.3, -0.25) is 0 Å². The van der Waals surface area contributed by atoms with Gasteiger partial charge in [0.2, 0.25) is 0 Å². The molecule has 19 heavy (non-hydrogen) atoms. The van der Waals surface area contributed by atoms with Gasteiger partial charge in [-0.05, 0) is 36.8 Å². The van der Waals surface area contributed by atoms with Crippen molar-refractivity contribution in [2.75, 3.05) is 0 Å². The third-order valence-corrected chi connectivity index (χ3v) is 4.82. The first kappa shape index (κ1) is 12.9. The monoisotopic (exact) mass is 275 g/mol. The molecule has 1 aliphatic rings. The number of nitrogens with two attached hydrogens (primary N) is 1. The van der Waals surface area contributed by atoms with Crippen LogP contribution >= 0.6 is 11.3 Å². The SMILES string of the molecule is Cc1ncc(Cn2ccc3c2CC(C)(C)CC3N)s1. The molecule has 0 saturated carbocycles. The minimum atomic E-state index is 0.184. The lowest BCUT2D eigenvalue weighted by molar-refractivity contribution is 0.276. The molecule has 2 N–H and O–H groups in total. The Labute approximate surface area is 118 Å². The Hall–Kier alpha value is -1.13. The van der Waals surface area contributed by atoms with Crippen LogP contribution in [-0.4, -0.2) is 9.55 Å². The molecule has 2 heterocycles. The van der Waals surface area contributed by atoms with Crippen LogP contribution in [0.5, 0.6) is 0 Å². The molecule has 0 radical (unpaired) electrons. The number of thiazole rings is 1. The zero-order chi connectivity index (χ0) is 13.6. The van der Waals surface area contributed by atoms with Crippen LogP contribution in [0.1, 0.15) is 47.5 Å². The van der Waals surface area contributed by atoms with Crippen molar-refractivity contribution < 1.29 is 0 Å². The Kier molecular flexibility index (Phi) is 3.02. The Bertz CT molecular complexity index is 594. The van der Waals surface area contributed by atoms with Gasteiger partial charge in [0.05, 0.1) is 11.6 Å². The van der Waals surface area contributed by atoms with Crippen molar-refractivity contribution in [2.24, 2.45) is 11.1 Å². The third kappa shape index (κ3) is 2.47. The Morgan fingerprint density at radius 1 is 1.53 bits per heavy atom. The lowest BCUT2D eigenvalue weighted by Gasteiger charge is -2.34. The number of rotatable bonds is 2. The summed E-state index contributed by atoms with van der Waals surface area (Å²) in [6.45, 7) is 7.59. The second-order valence-electron chi connectivity index (χ2n) is 6.34. The van der Waals surface area contributed by atoms with Gasteiger partial charge in [0.25, 0.3) is 0 Å². The van der Waals surface area contributed by atoms with E-state index in [1.807, 2.05) is 6.20 Å². The fraction of sp³-hybridized carbons (Fsp3) is 0.533. The first-order chi connectivity index (χ1) is 8.94. The minimum Gasteiger partial charge on any atom is -0.346 e. The molecular weight excluding hydrogens is 254 g/mol. The highest BCUT2D eigenvalue weighted by molar-refractivity contribution is 7.11. The molecule has 4 heteroatoms. The molecule has 2 aromatic rings. The van der Waals surface area contributed by atoms with Crippen LogP contribution in [-0.2, 0) is 13.0 Å². The van der Waals surface area contributed by atoms with E-state index in [1.54, 1.807) is 11.3 Å². The molecule has 102 valence electrons. The lowest BCUT2D eigenvalue weighted by Crippen LogP contribution is -2.30. The predicted molar refractivity (Wildman–Crippen MR) is 79.4 cm³/mol. The fourth-order valence-electron chi connectivity index (χ4n) is 3.09. The summed E-state index contributed by atoms with van der Waals surface area (Å²) in [5.74, 6) is 0. The van der Waals surface area contributed by atoms with Crippen LogP contribution in [0.15, 0.2) is 18.5 Å². The molecule has 1 unspecified atom stereocenters. The van der Waals surface area contributed by atoms with Crippen LogP contribution in [0.2, 0.25) is 0 Å². The molecule has 2 aromatic heterocycles. The summed E-state index contributed by atoms with van der Waals surface area (Å²) in [6.07, 6.45) is 6.35. The summed E-state index contributed by atoms with van der Waals surface area (Å²) in [5, 5.41) is 1.13. The Balaban J connectivity index is 1.92. The van der Waals surface area contributed by atoms with E-state index in [9.17, 15) is 0 Å².